The topological polar surface area (TPSA) is 130 Å². The van der Waals surface area contributed by atoms with Gasteiger partial charge in [0.1, 0.15) is 0 Å². The summed E-state index contributed by atoms with van der Waals surface area (Å²) < 4.78 is 4.99. The minimum Gasteiger partial charge on any atom is -0.451 e. The third kappa shape index (κ3) is 4.39. The molecule has 0 saturated carbocycles. The van der Waals surface area contributed by atoms with Crippen LogP contribution in [0.3, 0.4) is 0 Å². The van der Waals surface area contributed by atoms with Crippen LogP contribution in [0, 0.1) is 0 Å². The van der Waals surface area contributed by atoms with Crippen LogP contribution in [0.5, 0.6) is 0 Å². The average molecular weight is 380 g/mol. The normalized spacial score (nSPS) is 10.3. The fraction of sp³-hybridized carbons (Fsp3) is 0.105. The standard InChI is InChI=1S/C19H16N4O5/c1-11(24)20-12-6-8-13(9-7-12)21-16(25)10-28-19(27)17-14-4-2-3-5-15(14)18(26)23-22-17/h2-9H,10H2,1H3,(H,20,24)(H,21,25)(H,23,26). The zero-order valence-electron chi connectivity index (χ0n) is 14.8. The largest absolute Gasteiger partial charge is 0.451 e. The minimum atomic E-state index is -0.830. The highest BCUT2D eigenvalue weighted by molar-refractivity contribution is 6.03. The lowest BCUT2D eigenvalue weighted by molar-refractivity contribution is -0.119. The van der Waals surface area contributed by atoms with Gasteiger partial charge in [-0.3, -0.25) is 14.4 Å². The van der Waals surface area contributed by atoms with E-state index in [1.54, 1.807) is 48.5 Å². The summed E-state index contributed by atoms with van der Waals surface area (Å²) in [4.78, 5) is 47.0. The van der Waals surface area contributed by atoms with E-state index in [-0.39, 0.29) is 11.6 Å². The number of aromatic nitrogens is 2. The first-order valence-electron chi connectivity index (χ1n) is 8.26. The summed E-state index contributed by atoms with van der Waals surface area (Å²) >= 11 is 0. The lowest BCUT2D eigenvalue weighted by Crippen LogP contribution is -2.22. The SMILES string of the molecule is CC(=O)Nc1ccc(NC(=O)COC(=O)c2n[nH]c(=O)c3ccccc23)cc1. The Kier molecular flexibility index (Phi) is 5.45. The highest BCUT2D eigenvalue weighted by Crippen LogP contribution is 2.15. The van der Waals surface area contributed by atoms with E-state index < -0.39 is 24.0 Å². The molecule has 0 spiro atoms. The average Bonchev–Trinajstić information content (AvgIpc) is 2.68. The van der Waals surface area contributed by atoms with E-state index >= 15 is 0 Å². The molecule has 9 heteroatoms. The maximum Gasteiger partial charge on any atom is 0.359 e. The molecule has 1 heterocycles. The summed E-state index contributed by atoms with van der Waals surface area (Å²) in [6.07, 6.45) is 0. The minimum absolute atomic E-state index is 0.0809. The molecule has 2 aromatic carbocycles. The van der Waals surface area contributed by atoms with Crippen LogP contribution in [0.1, 0.15) is 17.4 Å². The second kappa shape index (κ2) is 8.12. The molecular weight excluding hydrogens is 364 g/mol. The number of ether oxygens (including phenoxy) is 1. The zero-order valence-corrected chi connectivity index (χ0v) is 14.8. The van der Waals surface area contributed by atoms with Crippen molar-refractivity contribution in [3.05, 3.63) is 64.6 Å². The Morgan fingerprint density at radius 2 is 1.57 bits per heavy atom. The first kappa shape index (κ1) is 18.8. The highest BCUT2D eigenvalue weighted by Gasteiger charge is 2.16. The number of aromatic amines is 1. The van der Waals surface area contributed by atoms with Gasteiger partial charge in [0.2, 0.25) is 5.91 Å². The van der Waals surface area contributed by atoms with Gasteiger partial charge in [-0.05, 0) is 30.3 Å². The lowest BCUT2D eigenvalue weighted by Gasteiger charge is -2.08. The molecule has 0 atom stereocenters. The van der Waals surface area contributed by atoms with Crippen LogP contribution in [-0.4, -0.2) is 34.6 Å². The van der Waals surface area contributed by atoms with Crippen molar-refractivity contribution in [2.75, 3.05) is 17.2 Å². The van der Waals surface area contributed by atoms with Gasteiger partial charge >= 0.3 is 5.97 Å². The van der Waals surface area contributed by atoms with Crippen molar-refractivity contribution in [3.63, 3.8) is 0 Å². The van der Waals surface area contributed by atoms with Gasteiger partial charge in [0.25, 0.3) is 11.5 Å². The van der Waals surface area contributed by atoms with Gasteiger partial charge in [0.15, 0.2) is 12.3 Å². The second-order valence-electron chi connectivity index (χ2n) is 5.83. The summed E-state index contributed by atoms with van der Waals surface area (Å²) in [5.74, 6) is -1.58. The molecule has 28 heavy (non-hydrogen) atoms. The number of H-pyrrole nitrogens is 1. The Bertz CT molecular complexity index is 1110. The van der Waals surface area contributed by atoms with Crippen molar-refractivity contribution in [1.82, 2.24) is 10.2 Å². The third-order valence-corrected chi connectivity index (χ3v) is 3.71. The third-order valence-electron chi connectivity index (χ3n) is 3.71. The van der Waals surface area contributed by atoms with Crippen LogP contribution in [0.15, 0.2) is 53.3 Å². The van der Waals surface area contributed by atoms with Crippen molar-refractivity contribution < 1.29 is 19.1 Å². The molecule has 2 amide bonds. The van der Waals surface area contributed by atoms with E-state index in [2.05, 4.69) is 20.8 Å². The number of fused-ring (bicyclic) bond motifs is 1. The number of amides is 2. The number of carbonyl (C=O) groups excluding carboxylic acids is 3. The van der Waals surface area contributed by atoms with E-state index in [1.165, 1.54) is 6.92 Å². The van der Waals surface area contributed by atoms with Gasteiger partial charge in [0.05, 0.1) is 5.39 Å². The first-order valence-corrected chi connectivity index (χ1v) is 8.26. The Labute approximate surface area is 158 Å². The second-order valence-corrected chi connectivity index (χ2v) is 5.83. The van der Waals surface area contributed by atoms with Crippen LogP contribution < -0.4 is 16.2 Å². The van der Waals surface area contributed by atoms with Crippen LogP contribution in [0.4, 0.5) is 11.4 Å². The fourth-order valence-electron chi connectivity index (χ4n) is 2.51. The molecular formula is C19H16N4O5. The Morgan fingerprint density at radius 3 is 2.21 bits per heavy atom. The zero-order chi connectivity index (χ0) is 20.1. The van der Waals surface area contributed by atoms with Crippen molar-refractivity contribution in [2.24, 2.45) is 0 Å². The quantitative estimate of drug-likeness (QED) is 0.577. The van der Waals surface area contributed by atoms with Gasteiger partial charge in [0, 0.05) is 23.7 Å². The maximum absolute atomic E-state index is 12.2. The first-order chi connectivity index (χ1) is 13.4. The molecule has 3 aromatic rings. The number of carbonyl (C=O) groups is 3. The van der Waals surface area contributed by atoms with E-state index in [0.29, 0.717) is 22.1 Å². The number of hydrogen-bond donors (Lipinski definition) is 3. The molecule has 142 valence electrons. The van der Waals surface area contributed by atoms with Gasteiger partial charge in [-0.1, -0.05) is 18.2 Å². The molecule has 0 aliphatic carbocycles. The molecule has 0 aliphatic heterocycles. The summed E-state index contributed by atoms with van der Waals surface area (Å²) in [7, 11) is 0. The Hall–Kier alpha value is -4.01. The van der Waals surface area contributed by atoms with Gasteiger partial charge < -0.3 is 15.4 Å². The van der Waals surface area contributed by atoms with Crippen molar-refractivity contribution in [3.8, 4) is 0 Å². The number of hydrogen-bond acceptors (Lipinski definition) is 6. The van der Waals surface area contributed by atoms with Gasteiger partial charge in [-0.25, -0.2) is 9.89 Å². The van der Waals surface area contributed by atoms with Gasteiger partial charge in [-0.2, -0.15) is 5.10 Å². The number of anilines is 2. The Morgan fingerprint density at radius 1 is 0.964 bits per heavy atom. The van der Waals surface area contributed by atoms with E-state index in [4.69, 9.17) is 4.74 Å². The summed E-state index contributed by atoms with van der Waals surface area (Å²) in [5, 5.41) is 11.8. The van der Waals surface area contributed by atoms with E-state index in [1.807, 2.05) is 0 Å². The fourth-order valence-corrected chi connectivity index (χ4v) is 2.51. The van der Waals surface area contributed by atoms with E-state index in [9.17, 15) is 19.2 Å². The smallest absolute Gasteiger partial charge is 0.359 e. The number of benzene rings is 2. The van der Waals surface area contributed by atoms with Gasteiger partial charge in [-0.15, -0.1) is 0 Å². The number of nitrogens with zero attached hydrogens (tertiary/aromatic N) is 1. The van der Waals surface area contributed by atoms with Crippen molar-refractivity contribution in [1.29, 1.82) is 0 Å². The van der Waals surface area contributed by atoms with Crippen LogP contribution in [-0.2, 0) is 14.3 Å². The molecule has 0 fully saturated rings. The molecule has 1 aromatic heterocycles. The summed E-state index contributed by atoms with van der Waals surface area (Å²) in [5.41, 5.74) is 0.561. The number of esters is 1. The number of rotatable bonds is 5. The summed E-state index contributed by atoms with van der Waals surface area (Å²) in [6.45, 7) is 0.867. The Balaban J connectivity index is 1.62. The molecule has 0 radical (unpaired) electrons. The van der Waals surface area contributed by atoms with Crippen LogP contribution in [0.2, 0.25) is 0 Å². The monoisotopic (exact) mass is 380 g/mol. The van der Waals surface area contributed by atoms with Crippen LogP contribution in [0.25, 0.3) is 10.8 Å². The van der Waals surface area contributed by atoms with Crippen molar-refractivity contribution >= 4 is 39.9 Å². The maximum atomic E-state index is 12.2. The molecule has 3 rings (SSSR count). The predicted octanol–water partition coefficient (Wildman–Crippen LogP) is 1.68. The molecule has 0 bridgehead atoms. The lowest BCUT2D eigenvalue weighted by atomic mass is 10.1. The molecule has 9 nitrogen and oxygen atoms in total. The molecule has 0 aliphatic rings. The van der Waals surface area contributed by atoms with Crippen molar-refractivity contribution in [2.45, 2.75) is 6.92 Å². The van der Waals surface area contributed by atoms with E-state index in [0.717, 1.165) is 0 Å². The highest BCUT2D eigenvalue weighted by atomic mass is 16.5. The predicted molar refractivity (Wildman–Crippen MR) is 102 cm³/mol. The molecule has 3 N–H and O–H groups in total. The summed E-state index contributed by atoms with van der Waals surface area (Å²) in [6, 6.07) is 12.9. The number of nitrogens with one attached hydrogen (secondary N) is 3. The molecule has 0 unspecified atom stereocenters. The molecule has 0 saturated heterocycles. The van der Waals surface area contributed by atoms with Crippen LogP contribution >= 0.6 is 0 Å².